The highest BCUT2D eigenvalue weighted by Crippen LogP contribution is 2.28. The van der Waals surface area contributed by atoms with Gasteiger partial charge in [0.1, 0.15) is 5.78 Å². The van der Waals surface area contributed by atoms with Crippen LogP contribution in [0.1, 0.15) is 39.0 Å². The number of ketones is 2. The fourth-order valence-corrected chi connectivity index (χ4v) is 3.45. The Morgan fingerprint density at radius 3 is 3.00 bits per heavy atom. The monoisotopic (exact) mass is 279 g/mol. The number of aliphatic hydroxyl groups is 1. The van der Waals surface area contributed by atoms with E-state index in [4.69, 9.17) is 5.11 Å². The molecule has 3 atom stereocenters. The number of hydrogen-bond acceptors (Lipinski definition) is 4. The molecule has 1 aliphatic carbocycles. The maximum atomic E-state index is 12.5. The summed E-state index contributed by atoms with van der Waals surface area (Å²) < 4.78 is 0. The number of Topliss-reactive ketones (excluding diaryl/α,β-unsaturated/α-hetero) is 1. The van der Waals surface area contributed by atoms with E-state index in [0.29, 0.717) is 6.42 Å². The Hall–Kier alpha value is -1.00. The highest BCUT2D eigenvalue weighted by Gasteiger charge is 2.35. The lowest BCUT2D eigenvalue weighted by atomic mass is 9.79. The SMILES string of the molecule is C[C@H]1CC=CC(=O)[C@@H]1C(=O)C[C@H]1CCCN1CCCO. The third-order valence-corrected chi connectivity index (χ3v) is 4.55. The summed E-state index contributed by atoms with van der Waals surface area (Å²) in [5.74, 6) is -0.214. The van der Waals surface area contributed by atoms with Crippen molar-refractivity contribution in [3.8, 4) is 0 Å². The summed E-state index contributed by atoms with van der Waals surface area (Å²) in [5, 5.41) is 8.92. The fourth-order valence-electron chi connectivity index (χ4n) is 3.45. The Kier molecular flexibility index (Phi) is 5.49. The lowest BCUT2D eigenvalue weighted by Crippen LogP contribution is -2.37. The van der Waals surface area contributed by atoms with Crippen LogP contribution in [0.2, 0.25) is 0 Å². The second-order valence-electron chi connectivity index (χ2n) is 6.08. The number of carbonyl (C=O) groups is 2. The molecule has 0 amide bonds. The van der Waals surface area contributed by atoms with E-state index in [2.05, 4.69) is 4.90 Å². The molecule has 2 aliphatic rings. The van der Waals surface area contributed by atoms with E-state index in [9.17, 15) is 9.59 Å². The molecule has 0 radical (unpaired) electrons. The largest absolute Gasteiger partial charge is 0.396 e. The average Bonchev–Trinajstić information content (AvgIpc) is 2.83. The number of likely N-dealkylation sites (tertiary alicyclic amines) is 1. The molecule has 1 fully saturated rings. The van der Waals surface area contributed by atoms with E-state index in [-0.39, 0.29) is 30.1 Å². The molecule has 1 N–H and O–H groups in total. The number of rotatable bonds is 6. The topological polar surface area (TPSA) is 57.6 Å². The molecule has 4 heteroatoms. The van der Waals surface area contributed by atoms with Gasteiger partial charge in [0.15, 0.2) is 5.78 Å². The number of nitrogens with zero attached hydrogens (tertiary/aromatic N) is 1. The van der Waals surface area contributed by atoms with E-state index in [0.717, 1.165) is 38.8 Å². The van der Waals surface area contributed by atoms with Crippen LogP contribution >= 0.6 is 0 Å². The first-order valence-corrected chi connectivity index (χ1v) is 7.71. The Bertz CT molecular complexity index is 391. The maximum Gasteiger partial charge on any atom is 0.166 e. The van der Waals surface area contributed by atoms with Crippen molar-refractivity contribution in [2.45, 2.75) is 45.1 Å². The first kappa shape index (κ1) is 15.4. The minimum absolute atomic E-state index is 0.0198. The third-order valence-electron chi connectivity index (χ3n) is 4.55. The predicted octanol–water partition coefficient (Wildman–Crippen LogP) is 1.57. The molecule has 0 aromatic carbocycles. The van der Waals surface area contributed by atoms with Gasteiger partial charge in [-0.2, -0.15) is 0 Å². The van der Waals surface area contributed by atoms with Crippen LogP contribution in [0, 0.1) is 11.8 Å². The van der Waals surface area contributed by atoms with Crippen molar-refractivity contribution in [2.24, 2.45) is 11.8 Å². The van der Waals surface area contributed by atoms with E-state index in [1.807, 2.05) is 13.0 Å². The van der Waals surface area contributed by atoms with Crippen molar-refractivity contribution in [1.82, 2.24) is 4.90 Å². The molecule has 0 aromatic heterocycles. The van der Waals surface area contributed by atoms with Crippen molar-refractivity contribution in [3.63, 3.8) is 0 Å². The summed E-state index contributed by atoms with van der Waals surface area (Å²) in [5.41, 5.74) is 0. The first-order chi connectivity index (χ1) is 9.63. The summed E-state index contributed by atoms with van der Waals surface area (Å²) in [6, 6.07) is 0.264. The third kappa shape index (κ3) is 3.55. The Morgan fingerprint density at radius 2 is 2.30 bits per heavy atom. The molecule has 20 heavy (non-hydrogen) atoms. The molecule has 1 heterocycles. The summed E-state index contributed by atoms with van der Waals surface area (Å²) in [6.45, 7) is 4.04. The summed E-state index contributed by atoms with van der Waals surface area (Å²) in [6.07, 6.45) is 7.65. The molecule has 0 bridgehead atoms. The lowest BCUT2D eigenvalue weighted by Gasteiger charge is -2.27. The smallest absolute Gasteiger partial charge is 0.166 e. The summed E-state index contributed by atoms with van der Waals surface area (Å²) in [7, 11) is 0. The van der Waals surface area contributed by atoms with Crippen LogP contribution in [-0.2, 0) is 9.59 Å². The second kappa shape index (κ2) is 7.14. The molecule has 112 valence electrons. The highest BCUT2D eigenvalue weighted by atomic mass is 16.3. The fraction of sp³-hybridized carbons (Fsp3) is 0.750. The second-order valence-corrected chi connectivity index (χ2v) is 6.08. The molecule has 0 aromatic rings. The van der Waals surface area contributed by atoms with Crippen molar-refractivity contribution in [3.05, 3.63) is 12.2 Å². The number of hydrogen-bond donors (Lipinski definition) is 1. The van der Waals surface area contributed by atoms with Crippen molar-refractivity contribution >= 4 is 11.6 Å². The van der Waals surface area contributed by atoms with Crippen LogP contribution in [0.25, 0.3) is 0 Å². The molecule has 0 unspecified atom stereocenters. The van der Waals surface area contributed by atoms with Gasteiger partial charge in [-0.3, -0.25) is 14.5 Å². The van der Waals surface area contributed by atoms with Gasteiger partial charge < -0.3 is 5.11 Å². The zero-order chi connectivity index (χ0) is 14.5. The predicted molar refractivity (Wildman–Crippen MR) is 77.3 cm³/mol. The average molecular weight is 279 g/mol. The molecule has 2 rings (SSSR count). The van der Waals surface area contributed by atoms with E-state index in [1.165, 1.54) is 0 Å². The van der Waals surface area contributed by atoms with Gasteiger partial charge in [0.05, 0.1) is 5.92 Å². The van der Waals surface area contributed by atoms with Crippen molar-refractivity contribution in [2.75, 3.05) is 19.7 Å². The lowest BCUT2D eigenvalue weighted by molar-refractivity contribution is -0.133. The minimum Gasteiger partial charge on any atom is -0.396 e. The number of allylic oxidation sites excluding steroid dienone is 2. The van der Waals surface area contributed by atoms with Gasteiger partial charge in [0.2, 0.25) is 0 Å². The molecule has 0 spiro atoms. The summed E-state index contributed by atoms with van der Waals surface area (Å²) in [4.78, 5) is 26.7. The Morgan fingerprint density at radius 1 is 1.50 bits per heavy atom. The Labute approximate surface area is 120 Å². The van der Waals surface area contributed by atoms with Crippen LogP contribution < -0.4 is 0 Å². The van der Waals surface area contributed by atoms with Gasteiger partial charge in [-0.1, -0.05) is 13.0 Å². The van der Waals surface area contributed by atoms with Crippen molar-refractivity contribution < 1.29 is 14.7 Å². The van der Waals surface area contributed by atoms with Gasteiger partial charge in [-0.15, -0.1) is 0 Å². The maximum absolute atomic E-state index is 12.5. The van der Waals surface area contributed by atoms with Gasteiger partial charge in [0, 0.05) is 25.6 Å². The van der Waals surface area contributed by atoms with Gasteiger partial charge in [0.25, 0.3) is 0 Å². The van der Waals surface area contributed by atoms with Crippen LogP contribution in [0.3, 0.4) is 0 Å². The zero-order valence-corrected chi connectivity index (χ0v) is 12.3. The summed E-state index contributed by atoms with van der Waals surface area (Å²) >= 11 is 0. The van der Waals surface area contributed by atoms with E-state index < -0.39 is 5.92 Å². The molecule has 1 saturated heterocycles. The normalized spacial score (nSPS) is 30.9. The highest BCUT2D eigenvalue weighted by molar-refractivity contribution is 6.08. The molecular weight excluding hydrogens is 254 g/mol. The standard InChI is InChI=1S/C16H25NO3/c1-12-5-2-7-14(19)16(12)15(20)11-13-6-3-8-17(13)9-4-10-18/h2,7,12-13,16,18H,3-6,8-11H2,1H3/t12-,13+,16+/m0/s1. The number of aliphatic hydroxyl groups excluding tert-OH is 1. The molecule has 4 nitrogen and oxygen atoms in total. The Balaban J connectivity index is 1.93. The first-order valence-electron chi connectivity index (χ1n) is 7.71. The van der Waals surface area contributed by atoms with Crippen LogP contribution in [0.15, 0.2) is 12.2 Å². The zero-order valence-electron chi connectivity index (χ0n) is 12.3. The van der Waals surface area contributed by atoms with Gasteiger partial charge in [-0.25, -0.2) is 0 Å². The van der Waals surface area contributed by atoms with Crippen molar-refractivity contribution in [1.29, 1.82) is 0 Å². The molecule has 1 aliphatic heterocycles. The molecule has 0 saturated carbocycles. The minimum atomic E-state index is -0.430. The van der Waals surface area contributed by atoms with E-state index in [1.54, 1.807) is 6.08 Å². The molecular formula is C16H25NO3. The van der Waals surface area contributed by atoms with E-state index >= 15 is 0 Å². The van der Waals surface area contributed by atoms with Crippen LogP contribution in [0.4, 0.5) is 0 Å². The van der Waals surface area contributed by atoms with Crippen LogP contribution in [-0.4, -0.2) is 47.3 Å². The number of carbonyl (C=O) groups excluding carboxylic acids is 2. The van der Waals surface area contributed by atoms with Crippen LogP contribution in [0.5, 0.6) is 0 Å². The van der Waals surface area contributed by atoms with Gasteiger partial charge >= 0.3 is 0 Å². The van der Waals surface area contributed by atoms with Gasteiger partial charge in [-0.05, 0) is 44.2 Å². The quantitative estimate of drug-likeness (QED) is 0.750.